The summed E-state index contributed by atoms with van der Waals surface area (Å²) in [5.74, 6) is 0.276. The Hall–Kier alpha value is -2.48. The van der Waals surface area contributed by atoms with Gasteiger partial charge in [-0.25, -0.2) is 9.97 Å². The minimum Gasteiger partial charge on any atom is -0.383 e. The van der Waals surface area contributed by atoms with Crippen molar-refractivity contribution in [2.45, 2.75) is 25.7 Å². The molecule has 2 aromatic rings. The van der Waals surface area contributed by atoms with E-state index in [1.54, 1.807) is 38.5 Å². The molecule has 1 aliphatic heterocycles. The zero-order valence-electron chi connectivity index (χ0n) is 15.5. The highest BCUT2D eigenvalue weighted by atomic mass is 16.5. The van der Waals surface area contributed by atoms with Crippen molar-refractivity contribution in [2.75, 3.05) is 40.4 Å². The number of imidazole rings is 1. The van der Waals surface area contributed by atoms with Gasteiger partial charge in [-0.3, -0.25) is 14.0 Å². The number of hydrogen-bond acceptors (Lipinski definition) is 5. The van der Waals surface area contributed by atoms with Crippen LogP contribution in [-0.2, 0) is 9.53 Å². The van der Waals surface area contributed by atoms with Crippen molar-refractivity contribution < 1.29 is 14.3 Å². The van der Waals surface area contributed by atoms with Gasteiger partial charge in [0.15, 0.2) is 11.3 Å². The first-order chi connectivity index (χ1) is 12.5. The van der Waals surface area contributed by atoms with E-state index in [0.29, 0.717) is 30.4 Å². The highest BCUT2D eigenvalue weighted by Gasteiger charge is 2.25. The molecule has 8 heteroatoms. The van der Waals surface area contributed by atoms with Crippen LogP contribution in [0, 0.1) is 0 Å². The number of likely N-dealkylation sites (N-methyl/N-ethyl adjacent to an activating group) is 1. The topological polar surface area (TPSA) is 80.0 Å². The van der Waals surface area contributed by atoms with Gasteiger partial charge < -0.3 is 14.5 Å². The zero-order valence-corrected chi connectivity index (χ0v) is 15.5. The second kappa shape index (κ2) is 7.82. The fraction of sp³-hybridized carbons (Fsp3) is 0.556. The van der Waals surface area contributed by atoms with E-state index in [-0.39, 0.29) is 11.8 Å². The van der Waals surface area contributed by atoms with Crippen LogP contribution in [0.15, 0.2) is 18.6 Å². The van der Waals surface area contributed by atoms with Gasteiger partial charge in [-0.15, -0.1) is 0 Å². The number of fused-ring (bicyclic) bond motifs is 1. The first kappa shape index (κ1) is 18.3. The van der Waals surface area contributed by atoms with Gasteiger partial charge in [0.2, 0.25) is 5.91 Å². The average Bonchev–Trinajstić information content (AvgIpc) is 3.09. The molecule has 8 nitrogen and oxygen atoms in total. The molecule has 1 aliphatic rings. The van der Waals surface area contributed by atoms with Crippen LogP contribution in [0.1, 0.15) is 41.9 Å². The molecule has 0 bridgehead atoms. The van der Waals surface area contributed by atoms with Gasteiger partial charge in [0.25, 0.3) is 5.91 Å². The van der Waals surface area contributed by atoms with E-state index in [2.05, 4.69) is 9.97 Å². The summed E-state index contributed by atoms with van der Waals surface area (Å²) < 4.78 is 6.94. The number of ether oxygens (including phenoxy) is 1. The molecule has 0 N–H and O–H groups in total. The fourth-order valence-corrected chi connectivity index (χ4v) is 3.40. The van der Waals surface area contributed by atoms with E-state index in [1.807, 2.05) is 15.4 Å². The summed E-state index contributed by atoms with van der Waals surface area (Å²) in [6.45, 7) is 4.09. The number of piperidine rings is 1. The molecule has 26 heavy (non-hydrogen) atoms. The third-order valence-electron chi connectivity index (χ3n) is 5.00. The van der Waals surface area contributed by atoms with E-state index < -0.39 is 0 Å². The van der Waals surface area contributed by atoms with Crippen molar-refractivity contribution in [1.82, 2.24) is 24.2 Å². The highest BCUT2D eigenvalue weighted by molar-refractivity contribution is 5.97. The van der Waals surface area contributed by atoms with E-state index in [9.17, 15) is 9.59 Å². The summed E-state index contributed by atoms with van der Waals surface area (Å²) in [6.07, 6.45) is 5.20. The predicted molar refractivity (Wildman–Crippen MR) is 96.1 cm³/mol. The van der Waals surface area contributed by atoms with E-state index in [4.69, 9.17) is 4.74 Å². The van der Waals surface area contributed by atoms with Crippen LogP contribution in [0.25, 0.3) is 5.65 Å². The lowest BCUT2D eigenvalue weighted by molar-refractivity contribution is -0.129. The van der Waals surface area contributed by atoms with Crippen LogP contribution in [0.4, 0.5) is 0 Å². The lowest BCUT2D eigenvalue weighted by Gasteiger charge is -2.31. The van der Waals surface area contributed by atoms with Gasteiger partial charge in [0, 0.05) is 58.5 Å². The van der Waals surface area contributed by atoms with Crippen LogP contribution in [0.2, 0.25) is 0 Å². The van der Waals surface area contributed by atoms with Crippen molar-refractivity contribution in [3.05, 3.63) is 30.0 Å². The molecule has 2 aromatic heterocycles. The number of aromatic nitrogens is 3. The van der Waals surface area contributed by atoms with E-state index >= 15 is 0 Å². The van der Waals surface area contributed by atoms with E-state index in [0.717, 1.165) is 31.6 Å². The number of rotatable bonds is 5. The first-order valence-electron chi connectivity index (χ1n) is 8.84. The number of hydrogen-bond donors (Lipinski definition) is 0. The summed E-state index contributed by atoms with van der Waals surface area (Å²) in [6, 6.07) is 1.98. The van der Waals surface area contributed by atoms with Crippen molar-refractivity contribution in [3.63, 3.8) is 0 Å². The van der Waals surface area contributed by atoms with Gasteiger partial charge in [-0.1, -0.05) is 0 Å². The predicted octanol–water partition coefficient (Wildman–Crippen LogP) is 1.17. The summed E-state index contributed by atoms with van der Waals surface area (Å²) in [5, 5.41) is 0. The summed E-state index contributed by atoms with van der Waals surface area (Å²) >= 11 is 0. The molecule has 0 aliphatic carbocycles. The zero-order chi connectivity index (χ0) is 18.7. The molecule has 2 amide bonds. The summed E-state index contributed by atoms with van der Waals surface area (Å²) in [4.78, 5) is 36.3. The van der Waals surface area contributed by atoms with Crippen molar-refractivity contribution in [2.24, 2.45) is 0 Å². The van der Waals surface area contributed by atoms with Gasteiger partial charge in [0.1, 0.15) is 6.33 Å². The third kappa shape index (κ3) is 3.55. The van der Waals surface area contributed by atoms with Gasteiger partial charge in [0.05, 0.1) is 6.61 Å². The van der Waals surface area contributed by atoms with Crippen LogP contribution >= 0.6 is 0 Å². The number of likely N-dealkylation sites (tertiary alicyclic amines) is 1. The Labute approximate surface area is 152 Å². The summed E-state index contributed by atoms with van der Waals surface area (Å²) in [5.41, 5.74) is 2.02. The quantitative estimate of drug-likeness (QED) is 0.801. The van der Waals surface area contributed by atoms with Crippen LogP contribution < -0.4 is 0 Å². The largest absolute Gasteiger partial charge is 0.383 e. The maximum Gasteiger partial charge on any atom is 0.276 e. The van der Waals surface area contributed by atoms with E-state index in [1.165, 1.54) is 0 Å². The average molecular weight is 359 g/mol. The molecular weight excluding hydrogens is 334 g/mol. The van der Waals surface area contributed by atoms with Gasteiger partial charge in [-0.2, -0.15) is 0 Å². The molecule has 0 unspecified atom stereocenters. The Bertz CT molecular complexity index is 795. The van der Waals surface area contributed by atoms with Crippen LogP contribution in [0.5, 0.6) is 0 Å². The number of amides is 2. The second-order valence-corrected chi connectivity index (χ2v) is 6.66. The Morgan fingerprint density at radius 2 is 2.04 bits per heavy atom. The molecule has 3 rings (SSSR count). The smallest absolute Gasteiger partial charge is 0.276 e. The normalized spacial score (nSPS) is 15.4. The van der Waals surface area contributed by atoms with Crippen molar-refractivity contribution >= 4 is 17.5 Å². The Kier molecular flexibility index (Phi) is 5.51. The standard InChI is InChI=1S/C18H25N5O3/c1-13(24)22-8-5-14(6-9-22)15-4-7-19-17-16(20-12-23(15)17)18(25)21(2)10-11-26-3/h4,7,12,14H,5-6,8-11H2,1-3H3. The number of carbonyl (C=O) groups excluding carboxylic acids is 2. The molecule has 0 saturated carbocycles. The molecule has 140 valence electrons. The highest BCUT2D eigenvalue weighted by Crippen LogP contribution is 2.28. The maximum absolute atomic E-state index is 12.6. The molecule has 1 fully saturated rings. The van der Waals surface area contributed by atoms with Gasteiger partial charge in [-0.05, 0) is 18.9 Å². The summed E-state index contributed by atoms with van der Waals surface area (Å²) in [7, 11) is 3.34. The first-order valence-corrected chi connectivity index (χ1v) is 8.84. The molecule has 0 atom stereocenters. The SMILES string of the molecule is COCCN(C)C(=O)c1ncn2c(C3CCN(C(C)=O)CC3)ccnc12. The molecule has 3 heterocycles. The Balaban J connectivity index is 1.83. The van der Waals surface area contributed by atoms with Crippen molar-refractivity contribution in [3.8, 4) is 0 Å². The monoisotopic (exact) mass is 359 g/mol. The maximum atomic E-state index is 12.6. The minimum absolute atomic E-state index is 0.123. The van der Waals surface area contributed by atoms with Gasteiger partial charge >= 0.3 is 0 Å². The lowest BCUT2D eigenvalue weighted by Crippen LogP contribution is -2.36. The molecule has 0 aromatic carbocycles. The number of nitrogens with zero attached hydrogens (tertiary/aromatic N) is 5. The fourth-order valence-electron chi connectivity index (χ4n) is 3.40. The molecule has 1 saturated heterocycles. The number of methoxy groups -OCH3 is 1. The second-order valence-electron chi connectivity index (χ2n) is 6.66. The Morgan fingerprint density at radius 1 is 1.31 bits per heavy atom. The molecule has 0 spiro atoms. The number of carbonyl (C=O) groups is 2. The third-order valence-corrected chi connectivity index (χ3v) is 5.00. The minimum atomic E-state index is -0.166. The van der Waals surface area contributed by atoms with Crippen LogP contribution in [0.3, 0.4) is 0 Å². The van der Waals surface area contributed by atoms with Crippen LogP contribution in [-0.4, -0.2) is 76.4 Å². The van der Waals surface area contributed by atoms with Crippen molar-refractivity contribution in [1.29, 1.82) is 0 Å². The lowest BCUT2D eigenvalue weighted by atomic mass is 9.93. The molecule has 0 radical (unpaired) electrons. The Morgan fingerprint density at radius 3 is 2.69 bits per heavy atom. The molecular formula is C18H25N5O3.